The minimum absolute atomic E-state index is 0.0464. The van der Waals surface area contributed by atoms with Crippen LogP contribution in [0.4, 0.5) is 5.69 Å². The predicted molar refractivity (Wildman–Crippen MR) is 90.6 cm³/mol. The van der Waals surface area contributed by atoms with E-state index in [1.54, 1.807) is 4.90 Å². The van der Waals surface area contributed by atoms with E-state index in [0.29, 0.717) is 16.4 Å². The van der Waals surface area contributed by atoms with E-state index in [0.717, 1.165) is 15.8 Å². The van der Waals surface area contributed by atoms with Crippen LogP contribution in [-0.2, 0) is 0 Å². The highest BCUT2D eigenvalue weighted by atomic mass is 35.5. The van der Waals surface area contributed by atoms with Gasteiger partial charge in [0.25, 0.3) is 5.91 Å². The molecule has 1 heterocycles. The zero-order chi connectivity index (χ0) is 14.8. The summed E-state index contributed by atoms with van der Waals surface area (Å²) < 4.78 is 1.04. The van der Waals surface area contributed by atoms with E-state index < -0.39 is 0 Å². The molecule has 0 saturated heterocycles. The molecule has 2 aromatic carbocycles. The number of hydrogen-bond donors (Lipinski definition) is 0. The average Bonchev–Trinajstić information content (AvgIpc) is 2.87. The number of nitrogens with zero attached hydrogens (tertiary/aromatic N) is 1. The number of amides is 1. The molecule has 0 radical (unpaired) electrons. The van der Waals surface area contributed by atoms with Crippen molar-refractivity contribution in [3.8, 4) is 0 Å². The molecule has 0 aliphatic heterocycles. The highest BCUT2D eigenvalue weighted by molar-refractivity contribution is 7.21. The van der Waals surface area contributed by atoms with Crippen molar-refractivity contribution in [3.05, 3.63) is 64.5 Å². The van der Waals surface area contributed by atoms with Gasteiger partial charge in [-0.1, -0.05) is 48.0 Å². The second-order valence-electron chi connectivity index (χ2n) is 4.63. The summed E-state index contributed by atoms with van der Waals surface area (Å²) in [6.07, 6.45) is 0. The summed E-state index contributed by atoms with van der Waals surface area (Å²) >= 11 is 7.85. The van der Waals surface area contributed by atoms with Crippen LogP contribution in [0.1, 0.15) is 16.6 Å². The second-order valence-corrected chi connectivity index (χ2v) is 6.06. The van der Waals surface area contributed by atoms with Crippen LogP contribution in [0, 0.1) is 0 Å². The Bertz CT molecular complexity index is 782. The largest absolute Gasteiger partial charge is 0.308 e. The van der Waals surface area contributed by atoms with Gasteiger partial charge >= 0.3 is 0 Å². The monoisotopic (exact) mass is 315 g/mol. The van der Waals surface area contributed by atoms with Crippen LogP contribution in [0.15, 0.2) is 54.6 Å². The fraction of sp³-hybridized carbons (Fsp3) is 0.118. The Morgan fingerprint density at radius 1 is 1.10 bits per heavy atom. The predicted octanol–water partition coefficient (Wildman–Crippen LogP) is 5.22. The minimum Gasteiger partial charge on any atom is -0.308 e. The summed E-state index contributed by atoms with van der Waals surface area (Å²) in [5, 5.41) is 1.49. The highest BCUT2D eigenvalue weighted by Crippen LogP contribution is 2.36. The summed E-state index contributed by atoms with van der Waals surface area (Å²) in [5.41, 5.74) is 0.888. The number of carbonyl (C=O) groups excluding carboxylic acids is 1. The van der Waals surface area contributed by atoms with E-state index in [4.69, 9.17) is 11.6 Å². The number of thiophene rings is 1. The van der Waals surface area contributed by atoms with Crippen molar-refractivity contribution < 1.29 is 4.79 Å². The van der Waals surface area contributed by atoms with Crippen LogP contribution in [0.5, 0.6) is 0 Å². The third kappa shape index (κ3) is 2.55. The number of anilines is 1. The molecule has 0 bridgehead atoms. The number of hydrogen-bond acceptors (Lipinski definition) is 2. The molecule has 1 amide bonds. The highest BCUT2D eigenvalue weighted by Gasteiger charge is 2.22. The number of fused-ring (bicyclic) bond motifs is 1. The third-order valence-electron chi connectivity index (χ3n) is 3.36. The van der Waals surface area contributed by atoms with E-state index in [-0.39, 0.29) is 5.91 Å². The van der Waals surface area contributed by atoms with E-state index in [1.807, 2.05) is 61.5 Å². The SMILES string of the molecule is CCN(C(=O)c1sc2ccccc2c1Cl)c1ccccc1. The van der Waals surface area contributed by atoms with Crippen molar-refractivity contribution in [2.45, 2.75) is 6.92 Å². The Kier molecular flexibility index (Phi) is 3.95. The van der Waals surface area contributed by atoms with Gasteiger partial charge in [0, 0.05) is 22.3 Å². The quantitative estimate of drug-likeness (QED) is 0.648. The Hall–Kier alpha value is -1.84. The molecule has 1 aromatic heterocycles. The zero-order valence-corrected chi connectivity index (χ0v) is 13.1. The number of rotatable bonds is 3. The topological polar surface area (TPSA) is 20.3 Å². The molecular formula is C17H14ClNOS. The molecule has 0 N–H and O–H groups in total. The Morgan fingerprint density at radius 3 is 2.43 bits per heavy atom. The van der Waals surface area contributed by atoms with Gasteiger partial charge in [-0.25, -0.2) is 0 Å². The lowest BCUT2D eigenvalue weighted by Gasteiger charge is -2.20. The molecule has 0 aliphatic rings. The molecule has 0 fully saturated rings. The molecule has 21 heavy (non-hydrogen) atoms. The fourth-order valence-electron chi connectivity index (χ4n) is 2.33. The van der Waals surface area contributed by atoms with Crippen molar-refractivity contribution in [1.82, 2.24) is 0 Å². The van der Waals surface area contributed by atoms with Crippen LogP contribution < -0.4 is 4.90 Å². The first-order chi connectivity index (χ1) is 10.2. The van der Waals surface area contributed by atoms with E-state index in [2.05, 4.69) is 0 Å². The maximum Gasteiger partial charge on any atom is 0.269 e. The maximum absolute atomic E-state index is 12.8. The van der Waals surface area contributed by atoms with Gasteiger partial charge in [-0.05, 0) is 25.1 Å². The second kappa shape index (κ2) is 5.88. The number of para-hydroxylation sites is 1. The summed E-state index contributed by atoms with van der Waals surface area (Å²) in [6.45, 7) is 2.57. The zero-order valence-electron chi connectivity index (χ0n) is 11.5. The van der Waals surface area contributed by atoms with E-state index in [1.165, 1.54) is 11.3 Å². The van der Waals surface area contributed by atoms with Crippen LogP contribution >= 0.6 is 22.9 Å². The molecule has 0 atom stereocenters. The number of halogens is 1. The molecular weight excluding hydrogens is 302 g/mol. The molecule has 0 saturated carbocycles. The molecule has 0 aliphatic carbocycles. The van der Waals surface area contributed by atoms with Gasteiger partial charge in [-0.2, -0.15) is 0 Å². The standard InChI is InChI=1S/C17H14ClNOS/c1-2-19(12-8-4-3-5-9-12)17(20)16-15(18)13-10-6-7-11-14(13)21-16/h3-11H,2H2,1H3. The van der Waals surface area contributed by atoms with Crippen molar-refractivity contribution in [1.29, 1.82) is 0 Å². The van der Waals surface area contributed by atoms with Gasteiger partial charge in [0.05, 0.1) is 5.02 Å². The molecule has 2 nitrogen and oxygen atoms in total. The van der Waals surface area contributed by atoms with Gasteiger partial charge in [-0.3, -0.25) is 4.79 Å². The molecule has 0 spiro atoms. The van der Waals surface area contributed by atoms with Crippen LogP contribution in [0.2, 0.25) is 5.02 Å². The summed E-state index contributed by atoms with van der Waals surface area (Å²) in [5.74, 6) is -0.0464. The molecule has 0 unspecified atom stereocenters. The Labute approximate surface area is 132 Å². The lowest BCUT2D eigenvalue weighted by molar-refractivity contribution is 0.0992. The fourth-order valence-corrected chi connectivity index (χ4v) is 3.79. The average molecular weight is 316 g/mol. The van der Waals surface area contributed by atoms with Crippen molar-refractivity contribution in [2.75, 3.05) is 11.4 Å². The summed E-state index contributed by atoms with van der Waals surface area (Å²) in [6, 6.07) is 17.5. The molecule has 4 heteroatoms. The van der Waals surface area contributed by atoms with E-state index in [9.17, 15) is 4.79 Å². The third-order valence-corrected chi connectivity index (χ3v) is 5.02. The molecule has 3 aromatic rings. The molecule has 106 valence electrons. The van der Waals surface area contributed by atoms with Gasteiger partial charge in [0.2, 0.25) is 0 Å². The molecule has 3 rings (SSSR count). The van der Waals surface area contributed by atoms with Crippen LogP contribution in [-0.4, -0.2) is 12.5 Å². The Morgan fingerprint density at radius 2 is 1.76 bits per heavy atom. The van der Waals surface area contributed by atoms with Crippen molar-refractivity contribution in [2.24, 2.45) is 0 Å². The maximum atomic E-state index is 12.8. The lowest BCUT2D eigenvalue weighted by atomic mass is 10.2. The van der Waals surface area contributed by atoms with Crippen molar-refractivity contribution >= 4 is 44.6 Å². The van der Waals surface area contributed by atoms with Crippen LogP contribution in [0.3, 0.4) is 0 Å². The smallest absolute Gasteiger partial charge is 0.269 e. The normalized spacial score (nSPS) is 10.8. The number of benzene rings is 2. The Balaban J connectivity index is 2.05. The summed E-state index contributed by atoms with van der Waals surface area (Å²) in [7, 11) is 0. The van der Waals surface area contributed by atoms with E-state index >= 15 is 0 Å². The number of carbonyl (C=O) groups is 1. The van der Waals surface area contributed by atoms with Crippen molar-refractivity contribution in [3.63, 3.8) is 0 Å². The first-order valence-corrected chi connectivity index (χ1v) is 7.95. The van der Waals surface area contributed by atoms with Gasteiger partial charge < -0.3 is 4.90 Å². The first kappa shape index (κ1) is 14.1. The van der Waals surface area contributed by atoms with Crippen LogP contribution in [0.25, 0.3) is 10.1 Å². The van der Waals surface area contributed by atoms with Gasteiger partial charge in [0.1, 0.15) is 4.88 Å². The lowest BCUT2D eigenvalue weighted by Crippen LogP contribution is -2.30. The summed E-state index contributed by atoms with van der Waals surface area (Å²) in [4.78, 5) is 15.2. The first-order valence-electron chi connectivity index (χ1n) is 6.76. The minimum atomic E-state index is -0.0464. The van der Waals surface area contributed by atoms with Gasteiger partial charge in [0.15, 0.2) is 0 Å². The van der Waals surface area contributed by atoms with Gasteiger partial charge in [-0.15, -0.1) is 11.3 Å².